The number of nitrogens with zero attached hydrogens (tertiary/aromatic N) is 5. The first kappa shape index (κ1) is 16.2. The maximum atomic E-state index is 4.43. The zero-order chi connectivity index (χ0) is 16.4. The Morgan fingerprint density at radius 1 is 1.04 bits per heavy atom. The highest BCUT2D eigenvalue weighted by Gasteiger charge is 2.37. The lowest BCUT2D eigenvalue weighted by atomic mass is 9.71. The first-order valence-electron chi connectivity index (χ1n) is 9.01. The molecule has 4 rings (SSSR count). The van der Waals surface area contributed by atoms with Gasteiger partial charge in [0.1, 0.15) is 5.01 Å². The Balaban J connectivity index is 1.25. The minimum absolute atomic E-state index is 0.602. The summed E-state index contributed by atoms with van der Waals surface area (Å²) in [5, 5.41) is 7.63. The minimum Gasteiger partial charge on any atom is -0.299 e. The number of thiazole rings is 1. The number of hydrogen-bond acceptors (Lipinski definition) is 5. The van der Waals surface area contributed by atoms with E-state index in [4.69, 9.17) is 0 Å². The maximum Gasteiger partial charge on any atom is 0.107 e. The van der Waals surface area contributed by atoms with Gasteiger partial charge in [0.05, 0.1) is 12.7 Å². The van der Waals surface area contributed by atoms with Crippen LogP contribution in [0.3, 0.4) is 0 Å². The third kappa shape index (κ3) is 3.71. The van der Waals surface area contributed by atoms with Crippen molar-refractivity contribution < 1.29 is 0 Å². The average Bonchev–Trinajstić information content (AvgIpc) is 3.24. The SMILES string of the molecule is Cn1cc(CN2CCC3(CC2)CCN(Cc2nccs2)CC3)cn1. The summed E-state index contributed by atoms with van der Waals surface area (Å²) in [5.41, 5.74) is 1.94. The van der Waals surface area contributed by atoms with Crippen molar-refractivity contribution in [2.45, 2.75) is 38.8 Å². The van der Waals surface area contributed by atoms with Gasteiger partial charge in [0, 0.05) is 36.9 Å². The molecule has 2 aromatic rings. The molecule has 0 saturated carbocycles. The average molecular weight is 346 g/mol. The van der Waals surface area contributed by atoms with Crippen LogP contribution in [0.15, 0.2) is 24.0 Å². The summed E-state index contributed by atoms with van der Waals surface area (Å²) in [6.45, 7) is 7.05. The fraction of sp³-hybridized carbons (Fsp3) is 0.667. The summed E-state index contributed by atoms with van der Waals surface area (Å²) in [6, 6.07) is 0. The van der Waals surface area contributed by atoms with Crippen molar-refractivity contribution in [3.05, 3.63) is 34.5 Å². The molecular weight excluding hydrogens is 318 g/mol. The van der Waals surface area contributed by atoms with Crippen LogP contribution in [0.1, 0.15) is 36.3 Å². The molecule has 6 heteroatoms. The highest BCUT2D eigenvalue weighted by atomic mass is 32.1. The third-order valence-electron chi connectivity index (χ3n) is 5.84. The molecule has 0 N–H and O–H groups in total. The second-order valence-corrected chi connectivity index (χ2v) is 8.48. The normalized spacial score (nSPS) is 22.2. The van der Waals surface area contributed by atoms with E-state index in [2.05, 4.69) is 31.5 Å². The Morgan fingerprint density at radius 2 is 1.71 bits per heavy atom. The van der Waals surface area contributed by atoms with Crippen LogP contribution >= 0.6 is 11.3 Å². The standard InChI is InChI=1S/C18H27N5S/c1-21-13-16(12-20-21)14-22-7-2-18(3-8-22)4-9-23(10-5-18)15-17-19-6-11-24-17/h6,11-13H,2-5,7-10,14-15H2,1H3. The van der Waals surface area contributed by atoms with Gasteiger partial charge in [-0.1, -0.05) is 0 Å². The first-order chi connectivity index (χ1) is 11.7. The monoisotopic (exact) mass is 345 g/mol. The first-order valence-corrected chi connectivity index (χ1v) is 9.89. The molecule has 5 nitrogen and oxygen atoms in total. The maximum absolute atomic E-state index is 4.43. The van der Waals surface area contributed by atoms with Gasteiger partial charge < -0.3 is 0 Å². The van der Waals surface area contributed by atoms with Crippen molar-refractivity contribution >= 4 is 11.3 Å². The van der Waals surface area contributed by atoms with E-state index in [1.54, 1.807) is 11.3 Å². The van der Waals surface area contributed by atoms with E-state index in [0.717, 1.165) is 13.1 Å². The Morgan fingerprint density at radius 3 is 2.25 bits per heavy atom. The van der Waals surface area contributed by atoms with Gasteiger partial charge in [0.15, 0.2) is 0 Å². The Labute approximate surface area is 148 Å². The van der Waals surface area contributed by atoms with E-state index < -0.39 is 0 Å². The highest BCUT2D eigenvalue weighted by Crippen LogP contribution is 2.41. The third-order valence-corrected chi connectivity index (χ3v) is 6.60. The van der Waals surface area contributed by atoms with Crippen molar-refractivity contribution in [2.24, 2.45) is 12.5 Å². The van der Waals surface area contributed by atoms with E-state index in [9.17, 15) is 0 Å². The largest absolute Gasteiger partial charge is 0.299 e. The predicted octanol–water partition coefficient (Wildman–Crippen LogP) is 2.75. The lowest BCUT2D eigenvalue weighted by molar-refractivity contribution is 0.0299. The van der Waals surface area contributed by atoms with E-state index >= 15 is 0 Å². The molecule has 0 radical (unpaired) electrons. The Bertz CT molecular complexity index is 632. The predicted molar refractivity (Wildman–Crippen MR) is 96.8 cm³/mol. The zero-order valence-electron chi connectivity index (χ0n) is 14.5. The molecule has 0 aliphatic carbocycles. The molecule has 1 spiro atoms. The molecule has 4 heterocycles. The van der Waals surface area contributed by atoms with Gasteiger partial charge in [0.2, 0.25) is 0 Å². The van der Waals surface area contributed by atoms with Crippen molar-refractivity contribution in [3.8, 4) is 0 Å². The topological polar surface area (TPSA) is 37.2 Å². The fourth-order valence-corrected chi connectivity index (χ4v) is 4.86. The molecule has 2 saturated heterocycles. The Hall–Kier alpha value is -1.24. The highest BCUT2D eigenvalue weighted by molar-refractivity contribution is 7.09. The molecule has 2 aromatic heterocycles. The molecule has 0 bridgehead atoms. The summed E-state index contributed by atoms with van der Waals surface area (Å²) in [5.74, 6) is 0. The van der Waals surface area contributed by atoms with Crippen LogP contribution in [-0.4, -0.2) is 50.7 Å². The van der Waals surface area contributed by atoms with Gasteiger partial charge in [0.25, 0.3) is 0 Å². The molecule has 0 unspecified atom stereocenters. The van der Waals surface area contributed by atoms with Crippen LogP contribution in [-0.2, 0) is 20.1 Å². The number of piperidine rings is 2. The number of hydrogen-bond donors (Lipinski definition) is 0. The molecule has 2 aliphatic heterocycles. The molecule has 0 aromatic carbocycles. The van der Waals surface area contributed by atoms with Crippen molar-refractivity contribution in [1.82, 2.24) is 24.6 Å². The molecular formula is C18H27N5S. The van der Waals surface area contributed by atoms with Crippen molar-refractivity contribution in [2.75, 3.05) is 26.2 Å². The summed E-state index contributed by atoms with van der Waals surface area (Å²) < 4.78 is 1.90. The second kappa shape index (κ2) is 6.94. The second-order valence-electron chi connectivity index (χ2n) is 7.50. The summed E-state index contributed by atoms with van der Waals surface area (Å²) >= 11 is 1.78. The van der Waals surface area contributed by atoms with Crippen molar-refractivity contribution in [1.29, 1.82) is 0 Å². The number of aromatic nitrogens is 3. The van der Waals surface area contributed by atoms with E-state index in [1.807, 2.05) is 24.1 Å². The quantitative estimate of drug-likeness (QED) is 0.854. The summed E-state index contributed by atoms with van der Waals surface area (Å²) in [4.78, 5) is 9.62. The van der Waals surface area contributed by atoms with Crippen LogP contribution in [0.25, 0.3) is 0 Å². The van der Waals surface area contributed by atoms with Crippen LogP contribution < -0.4 is 0 Å². The molecule has 24 heavy (non-hydrogen) atoms. The lowest BCUT2D eigenvalue weighted by Gasteiger charge is -2.46. The van der Waals surface area contributed by atoms with Gasteiger partial charge in [-0.2, -0.15) is 5.10 Å². The summed E-state index contributed by atoms with van der Waals surface area (Å²) in [7, 11) is 1.99. The van der Waals surface area contributed by atoms with Crippen molar-refractivity contribution in [3.63, 3.8) is 0 Å². The van der Waals surface area contributed by atoms with Crippen LogP contribution in [0, 0.1) is 5.41 Å². The summed E-state index contributed by atoms with van der Waals surface area (Å²) in [6.07, 6.45) is 11.5. The zero-order valence-corrected chi connectivity index (χ0v) is 15.3. The van der Waals surface area contributed by atoms with Crippen LogP contribution in [0.4, 0.5) is 0 Å². The molecule has 2 fully saturated rings. The van der Waals surface area contributed by atoms with E-state index in [1.165, 1.54) is 62.4 Å². The van der Waals surface area contributed by atoms with Gasteiger partial charge >= 0.3 is 0 Å². The fourth-order valence-electron chi connectivity index (χ4n) is 4.21. The molecule has 0 amide bonds. The van der Waals surface area contributed by atoms with Gasteiger partial charge in [-0.3, -0.25) is 14.5 Å². The van der Waals surface area contributed by atoms with Gasteiger partial charge in [-0.05, 0) is 57.3 Å². The minimum atomic E-state index is 0.602. The van der Waals surface area contributed by atoms with Gasteiger partial charge in [-0.25, -0.2) is 4.98 Å². The smallest absolute Gasteiger partial charge is 0.107 e. The number of aryl methyl sites for hydroxylation is 1. The van der Waals surface area contributed by atoms with Gasteiger partial charge in [-0.15, -0.1) is 11.3 Å². The molecule has 130 valence electrons. The lowest BCUT2D eigenvalue weighted by Crippen LogP contribution is -2.46. The van der Waals surface area contributed by atoms with E-state index in [0.29, 0.717) is 5.41 Å². The van der Waals surface area contributed by atoms with Crippen LogP contribution in [0.2, 0.25) is 0 Å². The molecule has 0 atom stereocenters. The van der Waals surface area contributed by atoms with E-state index in [-0.39, 0.29) is 0 Å². The Kier molecular flexibility index (Phi) is 4.70. The van der Waals surface area contributed by atoms with Crippen LogP contribution in [0.5, 0.6) is 0 Å². The number of rotatable bonds is 4. The molecule has 2 aliphatic rings. The number of likely N-dealkylation sites (tertiary alicyclic amines) is 2.